The highest BCUT2D eigenvalue weighted by Crippen LogP contribution is 2.36. The molecule has 2 N–H and O–H groups in total. The zero-order valence-electron chi connectivity index (χ0n) is 11.1. The molecule has 4 nitrogen and oxygen atoms in total. The number of thiophene rings is 1. The number of rotatable bonds is 3. The van der Waals surface area contributed by atoms with Gasteiger partial charge in [-0.15, -0.1) is 11.3 Å². The maximum Gasteiger partial charge on any atom is 0.338 e. The van der Waals surface area contributed by atoms with E-state index in [1.807, 2.05) is 31.4 Å². The predicted molar refractivity (Wildman–Crippen MR) is 79.9 cm³/mol. The van der Waals surface area contributed by atoms with Crippen molar-refractivity contribution in [2.75, 3.05) is 6.61 Å². The SMILES string of the molecule is CCOC(=O)C1=C(C)NC(=S)NC1(C)c1cccs1. The third-order valence-corrected chi connectivity index (χ3v) is 4.33. The fourth-order valence-corrected chi connectivity index (χ4v) is 3.44. The Balaban J connectivity index is 2.52. The van der Waals surface area contributed by atoms with Gasteiger partial charge in [0.1, 0.15) is 5.54 Å². The molecule has 0 spiro atoms. The number of ether oxygens (including phenoxy) is 1. The third-order valence-electron chi connectivity index (χ3n) is 3.03. The lowest BCUT2D eigenvalue weighted by atomic mass is 9.87. The van der Waals surface area contributed by atoms with Crippen molar-refractivity contribution in [2.45, 2.75) is 26.3 Å². The molecular formula is C13H16N2O2S2. The number of carbonyl (C=O) groups excluding carboxylic acids is 1. The van der Waals surface area contributed by atoms with Crippen molar-refractivity contribution in [1.82, 2.24) is 10.6 Å². The highest BCUT2D eigenvalue weighted by molar-refractivity contribution is 7.80. The van der Waals surface area contributed by atoms with Gasteiger partial charge >= 0.3 is 5.97 Å². The van der Waals surface area contributed by atoms with Crippen LogP contribution in [0.5, 0.6) is 0 Å². The zero-order valence-corrected chi connectivity index (χ0v) is 12.7. The van der Waals surface area contributed by atoms with E-state index in [1.54, 1.807) is 18.3 Å². The average molecular weight is 296 g/mol. The Bertz CT molecular complexity index is 537. The molecule has 0 aliphatic carbocycles. The Morgan fingerprint density at radius 2 is 2.32 bits per heavy atom. The van der Waals surface area contributed by atoms with E-state index in [1.165, 1.54) is 0 Å². The van der Waals surface area contributed by atoms with E-state index in [2.05, 4.69) is 10.6 Å². The molecule has 0 radical (unpaired) electrons. The van der Waals surface area contributed by atoms with Crippen molar-refractivity contribution in [3.05, 3.63) is 33.7 Å². The molecule has 0 amide bonds. The molecule has 0 saturated heterocycles. The summed E-state index contributed by atoms with van der Waals surface area (Å²) in [5.74, 6) is -0.321. The van der Waals surface area contributed by atoms with E-state index >= 15 is 0 Å². The normalized spacial score (nSPS) is 22.8. The summed E-state index contributed by atoms with van der Waals surface area (Å²) in [6.07, 6.45) is 0. The second-order valence-electron chi connectivity index (χ2n) is 4.40. The second kappa shape index (κ2) is 5.30. The average Bonchev–Trinajstić information content (AvgIpc) is 2.81. The molecule has 1 aromatic heterocycles. The number of hydrogen-bond acceptors (Lipinski definition) is 4. The molecular weight excluding hydrogens is 280 g/mol. The van der Waals surface area contributed by atoms with Crippen molar-refractivity contribution < 1.29 is 9.53 Å². The van der Waals surface area contributed by atoms with Crippen LogP contribution in [-0.4, -0.2) is 17.7 Å². The summed E-state index contributed by atoms with van der Waals surface area (Å²) >= 11 is 6.79. The lowest BCUT2D eigenvalue weighted by Gasteiger charge is -2.37. The Morgan fingerprint density at radius 3 is 2.89 bits per heavy atom. The van der Waals surface area contributed by atoms with Gasteiger partial charge in [-0.1, -0.05) is 6.07 Å². The molecule has 1 aliphatic rings. The van der Waals surface area contributed by atoms with Crippen LogP contribution >= 0.6 is 23.6 Å². The molecule has 1 aromatic rings. The van der Waals surface area contributed by atoms with Gasteiger partial charge in [0.05, 0.1) is 12.2 Å². The van der Waals surface area contributed by atoms with Gasteiger partial charge in [-0.25, -0.2) is 4.79 Å². The Labute approximate surface area is 121 Å². The van der Waals surface area contributed by atoms with E-state index in [0.29, 0.717) is 17.3 Å². The van der Waals surface area contributed by atoms with Gasteiger partial charge in [0.15, 0.2) is 5.11 Å². The maximum absolute atomic E-state index is 12.2. The van der Waals surface area contributed by atoms with Crippen LogP contribution in [0.15, 0.2) is 28.8 Å². The van der Waals surface area contributed by atoms with Crippen LogP contribution in [0.2, 0.25) is 0 Å². The summed E-state index contributed by atoms with van der Waals surface area (Å²) in [4.78, 5) is 13.3. The Kier molecular flexibility index (Phi) is 3.91. The highest BCUT2D eigenvalue weighted by atomic mass is 32.1. The molecule has 102 valence electrons. The van der Waals surface area contributed by atoms with E-state index in [4.69, 9.17) is 17.0 Å². The maximum atomic E-state index is 12.2. The Hall–Kier alpha value is -1.40. The molecule has 19 heavy (non-hydrogen) atoms. The fraction of sp³-hybridized carbons (Fsp3) is 0.385. The Morgan fingerprint density at radius 1 is 1.58 bits per heavy atom. The summed E-state index contributed by atoms with van der Waals surface area (Å²) in [5, 5.41) is 8.67. The first-order valence-corrected chi connectivity index (χ1v) is 7.29. The molecule has 0 saturated carbocycles. The van der Waals surface area contributed by atoms with Crippen LogP contribution < -0.4 is 10.6 Å². The van der Waals surface area contributed by atoms with Gasteiger partial charge in [0.2, 0.25) is 0 Å². The quantitative estimate of drug-likeness (QED) is 0.662. The number of esters is 1. The lowest BCUT2D eigenvalue weighted by Crippen LogP contribution is -2.55. The first-order chi connectivity index (χ1) is 8.99. The van der Waals surface area contributed by atoms with Gasteiger partial charge in [-0.05, 0) is 44.4 Å². The first-order valence-electron chi connectivity index (χ1n) is 6.00. The van der Waals surface area contributed by atoms with Gasteiger partial charge in [-0.2, -0.15) is 0 Å². The summed E-state index contributed by atoms with van der Waals surface area (Å²) < 4.78 is 5.17. The second-order valence-corrected chi connectivity index (χ2v) is 5.76. The summed E-state index contributed by atoms with van der Waals surface area (Å²) in [6.45, 7) is 5.93. The van der Waals surface area contributed by atoms with Crippen molar-refractivity contribution in [3.8, 4) is 0 Å². The number of nitrogens with one attached hydrogen (secondary N) is 2. The summed E-state index contributed by atoms with van der Waals surface area (Å²) in [6, 6.07) is 3.94. The van der Waals surface area contributed by atoms with Crippen LogP contribution in [-0.2, 0) is 15.1 Å². The molecule has 1 atom stereocenters. The van der Waals surface area contributed by atoms with Crippen LogP contribution in [0, 0.1) is 0 Å². The standard InChI is InChI=1S/C13H16N2O2S2/c1-4-17-11(16)10-8(2)14-12(18)15-13(10,3)9-6-5-7-19-9/h5-7H,4H2,1-3H3,(H2,14,15,18). The lowest BCUT2D eigenvalue weighted by molar-refractivity contribution is -0.139. The zero-order chi connectivity index (χ0) is 14.0. The van der Waals surface area contributed by atoms with Gasteiger partial charge in [-0.3, -0.25) is 0 Å². The molecule has 0 fully saturated rings. The first kappa shape index (κ1) is 14.0. The number of allylic oxidation sites excluding steroid dienone is 1. The monoisotopic (exact) mass is 296 g/mol. The number of carbonyl (C=O) groups is 1. The third kappa shape index (κ3) is 2.50. The number of hydrogen-bond donors (Lipinski definition) is 2. The van der Waals surface area contributed by atoms with Crippen LogP contribution in [0.3, 0.4) is 0 Å². The molecule has 1 aliphatic heterocycles. The van der Waals surface area contributed by atoms with Crippen LogP contribution in [0.4, 0.5) is 0 Å². The summed E-state index contributed by atoms with van der Waals surface area (Å²) in [7, 11) is 0. The smallest absolute Gasteiger partial charge is 0.338 e. The van der Waals surface area contributed by atoms with Crippen molar-refractivity contribution in [3.63, 3.8) is 0 Å². The van der Waals surface area contributed by atoms with E-state index in [0.717, 1.165) is 10.6 Å². The molecule has 2 heterocycles. The van der Waals surface area contributed by atoms with Crippen LogP contribution in [0.25, 0.3) is 0 Å². The highest BCUT2D eigenvalue weighted by Gasteiger charge is 2.42. The van der Waals surface area contributed by atoms with Crippen molar-refractivity contribution in [1.29, 1.82) is 0 Å². The molecule has 2 rings (SSSR count). The minimum Gasteiger partial charge on any atom is -0.463 e. The van der Waals surface area contributed by atoms with Gasteiger partial charge in [0.25, 0.3) is 0 Å². The number of thiocarbonyl (C=S) groups is 1. The van der Waals surface area contributed by atoms with Crippen LogP contribution in [0.1, 0.15) is 25.6 Å². The fourth-order valence-electron chi connectivity index (χ4n) is 2.24. The largest absolute Gasteiger partial charge is 0.463 e. The molecule has 1 unspecified atom stereocenters. The summed E-state index contributed by atoms with van der Waals surface area (Å²) in [5.41, 5.74) is 0.663. The van der Waals surface area contributed by atoms with E-state index < -0.39 is 5.54 Å². The molecule has 6 heteroatoms. The van der Waals surface area contributed by atoms with Gasteiger partial charge in [0, 0.05) is 10.6 Å². The topological polar surface area (TPSA) is 50.4 Å². The predicted octanol–water partition coefficient (Wildman–Crippen LogP) is 2.28. The van der Waals surface area contributed by atoms with Crippen molar-refractivity contribution in [2.24, 2.45) is 0 Å². The van der Waals surface area contributed by atoms with Crippen molar-refractivity contribution >= 4 is 34.6 Å². The van der Waals surface area contributed by atoms with E-state index in [9.17, 15) is 4.79 Å². The molecule has 0 bridgehead atoms. The molecule has 0 aromatic carbocycles. The minimum absolute atomic E-state index is 0.321. The van der Waals surface area contributed by atoms with E-state index in [-0.39, 0.29) is 5.97 Å². The minimum atomic E-state index is -0.646. The van der Waals surface area contributed by atoms with Gasteiger partial charge < -0.3 is 15.4 Å².